The molecule has 9 heteroatoms. The molecule has 0 saturated carbocycles. The first-order valence-electron chi connectivity index (χ1n) is 11.7. The summed E-state index contributed by atoms with van der Waals surface area (Å²) in [7, 11) is 1.42. The molecule has 0 bridgehead atoms. The topological polar surface area (TPSA) is 76.1 Å². The van der Waals surface area contributed by atoms with Gasteiger partial charge in [-0.05, 0) is 40.8 Å². The Kier molecular flexibility index (Phi) is 6.97. The summed E-state index contributed by atoms with van der Waals surface area (Å²) in [4.78, 5) is 27.8. The van der Waals surface area contributed by atoms with E-state index in [2.05, 4.69) is 4.74 Å². The maximum atomic E-state index is 13.4. The van der Waals surface area contributed by atoms with Gasteiger partial charge in [-0.1, -0.05) is 63.2 Å². The predicted molar refractivity (Wildman–Crippen MR) is 136 cm³/mol. The average Bonchev–Trinajstić information content (AvgIpc) is 3.12. The second-order valence-corrected chi connectivity index (χ2v) is 9.79. The highest BCUT2D eigenvalue weighted by molar-refractivity contribution is 6.51. The summed E-state index contributed by atoms with van der Waals surface area (Å²) < 4.78 is 48.1. The largest absolute Gasteiger partial charge is 0.573 e. The van der Waals surface area contributed by atoms with Crippen molar-refractivity contribution in [1.29, 1.82) is 0 Å². The second-order valence-electron chi connectivity index (χ2n) is 9.79. The molecule has 0 radical (unpaired) electrons. The Morgan fingerprint density at radius 1 is 0.921 bits per heavy atom. The number of aliphatic hydroxyl groups excluding tert-OH is 1. The van der Waals surface area contributed by atoms with E-state index in [1.54, 1.807) is 42.5 Å². The predicted octanol–water partition coefficient (Wildman–Crippen LogP) is 6.52. The Bertz CT molecular complexity index is 1410. The zero-order valence-corrected chi connectivity index (χ0v) is 21.2. The lowest BCUT2D eigenvalue weighted by molar-refractivity contribution is -0.274. The van der Waals surface area contributed by atoms with Crippen molar-refractivity contribution in [3.05, 3.63) is 95.1 Å². The minimum absolute atomic E-state index is 0.00263. The fraction of sp³-hybridized carbons (Fsp3) is 0.241. The molecule has 198 valence electrons. The van der Waals surface area contributed by atoms with Gasteiger partial charge in [0.25, 0.3) is 11.7 Å². The fourth-order valence-corrected chi connectivity index (χ4v) is 4.38. The molecule has 1 N–H and O–H groups in total. The molecule has 1 aliphatic rings. The number of Topliss-reactive ketones (excluding diaryl/α,β-unsaturated/α-hetero) is 1. The standard InChI is InChI=1S/C29H26F3NO5/c1-28(2,3)18-13-14-22(37-4)21(15-18)25(34)23-24(17-9-6-5-7-10-17)33(27(36)26(23)35)19-11-8-12-20(16-19)38-29(30,31)32/h5-16,24,34H,1-4H3/b25-23+. The number of amides is 1. The number of carbonyl (C=O) groups is 2. The van der Waals surface area contributed by atoms with Crippen LogP contribution in [0.2, 0.25) is 0 Å². The van der Waals surface area contributed by atoms with Gasteiger partial charge in [0, 0.05) is 11.8 Å². The smallest absolute Gasteiger partial charge is 0.507 e. The number of alkyl halides is 3. The van der Waals surface area contributed by atoms with E-state index in [1.807, 2.05) is 26.8 Å². The molecular weight excluding hydrogens is 499 g/mol. The van der Waals surface area contributed by atoms with Gasteiger partial charge in [-0.3, -0.25) is 14.5 Å². The summed E-state index contributed by atoms with van der Waals surface area (Å²) in [6.45, 7) is 5.95. The first-order valence-corrected chi connectivity index (χ1v) is 11.7. The molecule has 1 heterocycles. The highest BCUT2D eigenvalue weighted by Gasteiger charge is 2.47. The number of rotatable bonds is 5. The van der Waals surface area contributed by atoms with Crippen LogP contribution < -0.4 is 14.4 Å². The third kappa shape index (κ3) is 5.22. The van der Waals surface area contributed by atoms with Crippen LogP contribution in [0.1, 0.15) is 43.5 Å². The lowest BCUT2D eigenvalue weighted by atomic mass is 9.85. The number of carbonyl (C=O) groups excluding carboxylic acids is 2. The molecular formula is C29H26F3NO5. The van der Waals surface area contributed by atoms with Crippen molar-refractivity contribution in [3.63, 3.8) is 0 Å². The van der Waals surface area contributed by atoms with Gasteiger partial charge in [0.15, 0.2) is 0 Å². The highest BCUT2D eigenvalue weighted by atomic mass is 19.4. The van der Waals surface area contributed by atoms with E-state index in [-0.39, 0.29) is 28.0 Å². The van der Waals surface area contributed by atoms with E-state index in [0.717, 1.165) is 22.6 Å². The van der Waals surface area contributed by atoms with Gasteiger partial charge in [0.2, 0.25) is 0 Å². The molecule has 1 aliphatic heterocycles. The van der Waals surface area contributed by atoms with Gasteiger partial charge in [0.05, 0.1) is 24.3 Å². The molecule has 1 amide bonds. The van der Waals surface area contributed by atoms with Crippen LogP contribution >= 0.6 is 0 Å². The molecule has 38 heavy (non-hydrogen) atoms. The number of nitrogens with zero attached hydrogens (tertiary/aromatic N) is 1. The number of halogens is 3. The molecule has 1 fully saturated rings. The van der Waals surface area contributed by atoms with E-state index < -0.39 is 35.6 Å². The quantitative estimate of drug-likeness (QED) is 0.233. The molecule has 0 aliphatic carbocycles. The summed E-state index contributed by atoms with van der Waals surface area (Å²) in [5.41, 5.74) is 1.02. The summed E-state index contributed by atoms with van der Waals surface area (Å²) >= 11 is 0. The van der Waals surface area contributed by atoms with E-state index in [1.165, 1.54) is 19.2 Å². The number of benzene rings is 3. The zero-order chi connectivity index (χ0) is 27.8. The van der Waals surface area contributed by atoms with Crippen molar-refractivity contribution < 1.29 is 37.3 Å². The number of anilines is 1. The van der Waals surface area contributed by atoms with Crippen molar-refractivity contribution in [1.82, 2.24) is 0 Å². The number of ether oxygens (including phenoxy) is 2. The van der Waals surface area contributed by atoms with Crippen LogP contribution in [0.4, 0.5) is 18.9 Å². The van der Waals surface area contributed by atoms with Crippen molar-refractivity contribution in [2.24, 2.45) is 0 Å². The summed E-state index contributed by atoms with van der Waals surface area (Å²) in [5.74, 6) is -2.71. The number of methoxy groups -OCH3 is 1. The first-order chi connectivity index (χ1) is 17.8. The van der Waals surface area contributed by atoms with Gasteiger partial charge in [-0.25, -0.2) is 0 Å². The maximum absolute atomic E-state index is 13.4. The lowest BCUT2D eigenvalue weighted by Crippen LogP contribution is -2.29. The van der Waals surface area contributed by atoms with Crippen LogP contribution in [0.5, 0.6) is 11.5 Å². The summed E-state index contributed by atoms with van der Waals surface area (Å²) in [6, 6.07) is 17.3. The first kappa shape index (κ1) is 26.8. The zero-order valence-electron chi connectivity index (χ0n) is 21.2. The number of aliphatic hydroxyl groups is 1. The number of hydrogen-bond acceptors (Lipinski definition) is 5. The minimum Gasteiger partial charge on any atom is -0.507 e. The third-order valence-corrected chi connectivity index (χ3v) is 6.21. The molecule has 1 atom stereocenters. The fourth-order valence-electron chi connectivity index (χ4n) is 4.38. The number of ketones is 1. The van der Waals surface area contributed by atoms with Crippen LogP contribution in [0, 0.1) is 0 Å². The van der Waals surface area contributed by atoms with Crippen LogP contribution in [0.3, 0.4) is 0 Å². The highest BCUT2D eigenvalue weighted by Crippen LogP contribution is 2.44. The Balaban J connectivity index is 1.95. The Morgan fingerprint density at radius 3 is 2.21 bits per heavy atom. The van der Waals surface area contributed by atoms with Crippen molar-refractivity contribution in [2.75, 3.05) is 12.0 Å². The van der Waals surface area contributed by atoms with E-state index in [9.17, 15) is 27.9 Å². The van der Waals surface area contributed by atoms with Gasteiger partial charge in [-0.2, -0.15) is 0 Å². The summed E-state index contributed by atoms with van der Waals surface area (Å²) in [6.07, 6.45) is -4.94. The molecule has 4 rings (SSSR count). The van der Waals surface area contributed by atoms with Crippen LogP contribution in [-0.4, -0.2) is 30.3 Å². The molecule has 6 nitrogen and oxygen atoms in total. The average molecular weight is 526 g/mol. The van der Waals surface area contributed by atoms with Crippen molar-refractivity contribution in [3.8, 4) is 11.5 Å². The van der Waals surface area contributed by atoms with Crippen LogP contribution in [-0.2, 0) is 15.0 Å². The van der Waals surface area contributed by atoms with Crippen molar-refractivity contribution in [2.45, 2.75) is 38.6 Å². The van der Waals surface area contributed by atoms with Gasteiger partial charge >= 0.3 is 6.36 Å². The second kappa shape index (κ2) is 9.89. The minimum atomic E-state index is -4.94. The van der Waals surface area contributed by atoms with Gasteiger partial charge < -0.3 is 14.6 Å². The number of hydrogen-bond donors (Lipinski definition) is 1. The van der Waals surface area contributed by atoms with Gasteiger partial charge in [-0.15, -0.1) is 13.2 Å². The van der Waals surface area contributed by atoms with Crippen LogP contribution in [0.25, 0.3) is 5.76 Å². The van der Waals surface area contributed by atoms with Crippen molar-refractivity contribution >= 4 is 23.1 Å². The normalized spacial score (nSPS) is 17.6. The SMILES string of the molecule is COc1ccc(C(C)(C)C)cc1/C(O)=C1\C(=O)C(=O)N(c2cccc(OC(F)(F)F)c2)C1c1ccccc1. The summed E-state index contributed by atoms with van der Waals surface area (Å²) in [5, 5.41) is 11.5. The molecule has 3 aromatic carbocycles. The Hall–Kier alpha value is -4.27. The Labute approximate surface area is 217 Å². The molecule has 0 spiro atoms. The molecule has 3 aromatic rings. The monoisotopic (exact) mass is 525 g/mol. The van der Waals surface area contributed by atoms with E-state index >= 15 is 0 Å². The lowest BCUT2D eigenvalue weighted by Gasteiger charge is -2.26. The van der Waals surface area contributed by atoms with Gasteiger partial charge in [0.1, 0.15) is 17.3 Å². The molecule has 1 saturated heterocycles. The van der Waals surface area contributed by atoms with E-state index in [4.69, 9.17) is 4.74 Å². The maximum Gasteiger partial charge on any atom is 0.573 e. The molecule has 0 aromatic heterocycles. The Morgan fingerprint density at radius 2 is 1.61 bits per heavy atom. The van der Waals surface area contributed by atoms with Crippen LogP contribution in [0.15, 0.2) is 78.4 Å². The van der Waals surface area contributed by atoms with E-state index in [0.29, 0.717) is 5.56 Å². The molecule has 1 unspecified atom stereocenters. The third-order valence-electron chi connectivity index (χ3n) is 6.21.